The van der Waals surface area contributed by atoms with Gasteiger partial charge in [-0.2, -0.15) is 0 Å². The number of carboxylic acid groups (broad SMARTS) is 1. The van der Waals surface area contributed by atoms with E-state index in [4.69, 9.17) is 4.74 Å². The number of carbonyl (C=O) groups is 4. The van der Waals surface area contributed by atoms with Gasteiger partial charge in [-0.05, 0) is 23.8 Å². The van der Waals surface area contributed by atoms with Crippen LogP contribution in [0.15, 0.2) is 41.6 Å². The number of nitrogens with zero attached hydrogens (tertiary/aromatic N) is 1. The number of aliphatic carboxylic acids is 1. The first kappa shape index (κ1) is 20.5. The first-order chi connectivity index (χ1) is 13.8. The molecule has 29 heavy (non-hydrogen) atoms. The Morgan fingerprint density at radius 2 is 2.14 bits per heavy atom. The van der Waals surface area contributed by atoms with Crippen LogP contribution in [0.5, 0.6) is 5.75 Å². The van der Waals surface area contributed by atoms with Crippen molar-refractivity contribution in [3.63, 3.8) is 0 Å². The molecule has 2 aliphatic rings. The van der Waals surface area contributed by atoms with E-state index in [1.165, 1.54) is 43.0 Å². The maximum atomic E-state index is 12.5. The zero-order chi connectivity index (χ0) is 21.1. The average Bonchev–Trinajstić information content (AvgIpc) is 2.67. The number of thioether (sulfide) groups is 1. The van der Waals surface area contributed by atoms with Crippen LogP contribution in [0.4, 0.5) is 0 Å². The first-order valence-corrected chi connectivity index (χ1v) is 9.63. The molecule has 0 bridgehead atoms. The molecule has 3 N–H and O–H groups in total. The Hall–Kier alpha value is -3.27. The van der Waals surface area contributed by atoms with Gasteiger partial charge in [-0.1, -0.05) is 12.1 Å². The Morgan fingerprint density at radius 3 is 2.79 bits per heavy atom. The highest BCUT2D eigenvalue weighted by Gasteiger charge is 2.54. The molecule has 1 aromatic carbocycles. The number of fused-ring (bicyclic) bond motifs is 1. The average molecular weight is 418 g/mol. The highest BCUT2D eigenvalue weighted by Crippen LogP contribution is 2.40. The molecule has 0 radical (unpaired) electrons. The zero-order valence-electron chi connectivity index (χ0n) is 15.3. The molecule has 2 atom stereocenters. The number of hydrogen-bond acceptors (Lipinski definition) is 7. The quantitative estimate of drug-likeness (QED) is 0.349. The fraction of sp³-hybridized carbons (Fsp3) is 0.263. The fourth-order valence-electron chi connectivity index (χ4n) is 2.98. The number of amides is 2. The van der Waals surface area contributed by atoms with Gasteiger partial charge in [0.1, 0.15) is 29.5 Å². The number of β-lactam (4-membered cyclic amide) rings is 1. The molecular formula is C19H18N2O7S. The van der Waals surface area contributed by atoms with Gasteiger partial charge in [-0.3, -0.25) is 19.3 Å². The summed E-state index contributed by atoms with van der Waals surface area (Å²) in [6.07, 6.45) is 2.72. The molecule has 0 aliphatic carbocycles. The van der Waals surface area contributed by atoms with Crippen LogP contribution in [-0.2, 0) is 23.9 Å². The fourth-order valence-corrected chi connectivity index (χ4v) is 4.31. The van der Waals surface area contributed by atoms with E-state index in [9.17, 15) is 29.4 Å². The summed E-state index contributed by atoms with van der Waals surface area (Å²) in [5.41, 5.74) is 0.733. The van der Waals surface area contributed by atoms with Gasteiger partial charge in [0.25, 0.3) is 5.91 Å². The van der Waals surface area contributed by atoms with Gasteiger partial charge in [-0.15, -0.1) is 11.8 Å². The Labute approximate surface area is 170 Å². The van der Waals surface area contributed by atoms with Crippen LogP contribution in [0.2, 0.25) is 0 Å². The Morgan fingerprint density at radius 1 is 1.38 bits per heavy atom. The molecule has 0 saturated carbocycles. The van der Waals surface area contributed by atoms with Crippen molar-refractivity contribution < 1.29 is 34.1 Å². The summed E-state index contributed by atoms with van der Waals surface area (Å²) in [4.78, 5) is 48.4. The number of rotatable bonds is 6. The Kier molecular flexibility index (Phi) is 5.92. The third-order valence-electron chi connectivity index (χ3n) is 4.29. The summed E-state index contributed by atoms with van der Waals surface area (Å²) in [7, 11) is 0. The predicted molar refractivity (Wildman–Crippen MR) is 103 cm³/mol. The molecule has 0 spiro atoms. The lowest BCUT2D eigenvalue weighted by molar-refractivity contribution is -0.150. The highest BCUT2D eigenvalue weighted by atomic mass is 32.2. The van der Waals surface area contributed by atoms with Gasteiger partial charge < -0.3 is 20.3 Å². The molecule has 2 heterocycles. The van der Waals surface area contributed by atoms with E-state index >= 15 is 0 Å². The molecule has 1 aromatic rings. The van der Waals surface area contributed by atoms with E-state index in [-0.39, 0.29) is 23.8 Å². The molecule has 2 amide bonds. The molecular weight excluding hydrogens is 400 g/mol. The smallest absolute Gasteiger partial charge is 0.352 e. The van der Waals surface area contributed by atoms with Crippen molar-refractivity contribution in [2.24, 2.45) is 0 Å². The van der Waals surface area contributed by atoms with Crippen LogP contribution < -0.4 is 5.32 Å². The van der Waals surface area contributed by atoms with Crippen LogP contribution in [0.1, 0.15) is 12.5 Å². The zero-order valence-corrected chi connectivity index (χ0v) is 16.1. The third-order valence-corrected chi connectivity index (χ3v) is 5.63. The number of aromatic hydroxyl groups is 1. The van der Waals surface area contributed by atoms with Crippen molar-refractivity contribution in [1.29, 1.82) is 0 Å². The lowest BCUT2D eigenvalue weighted by atomic mass is 10.0. The van der Waals surface area contributed by atoms with Crippen LogP contribution in [0, 0.1) is 0 Å². The van der Waals surface area contributed by atoms with Gasteiger partial charge in [-0.25, -0.2) is 4.79 Å². The molecule has 2 aliphatic heterocycles. The number of nitrogens with one attached hydrogen (secondary N) is 1. The number of carboxylic acids is 1. The first-order valence-electron chi connectivity index (χ1n) is 8.59. The molecule has 1 fully saturated rings. The van der Waals surface area contributed by atoms with Crippen LogP contribution in [0.25, 0.3) is 6.08 Å². The number of benzene rings is 1. The molecule has 0 unspecified atom stereocenters. The van der Waals surface area contributed by atoms with Crippen molar-refractivity contribution in [3.05, 3.63) is 47.2 Å². The second-order valence-corrected chi connectivity index (χ2v) is 7.47. The third kappa shape index (κ3) is 4.43. The lowest BCUT2D eigenvalue weighted by Crippen LogP contribution is -2.70. The topological polar surface area (TPSA) is 133 Å². The second-order valence-electron chi connectivity index (χ2n) is 6.36. The monoisotopic (exact) mass is 418 g/mol. The van der Waals surface area contributed by atoms with Crippen LogP contribution in [-0.4, -0.2) is 62.6 Å². The van der Waals surface area contributed by atoms with Gasteiger partial charge in [0.15, 0.2) is 0 Å². The standard InChI is InChI=1S/C19H18N2O7S/c1-10(22)28-8-12-9-29-18-15(17(25)21(18)16(12)19(26)27)20-14(24)6-5-11-3-2-4-13(23)7-11/h2-7,15,18,23H,8-9H2,1H3,(H,20,24)(H,26,27)/b6-5+/t15-,18-/m1/s1. The van der Waals surface area contributed by atoms with Crippen molar-refractivity contribution >= 4 is 41.6 Å². The summed E-state index contributed by atoms with van der Waals surface area (Å²) in [5.74, 6) is -2.58. The van der Waals surface area contributed by atoms with E-state index in [1.807, 2.05) is 0 Å². The molecule has 1 saturated heterocycles. The van der Waals surface area contributed by atoms with E-state index in [0.717, 1.165) is 4.90 Å². The minimum absolute atomic E-state index is 0.0634. The summed E-state index contributed by atoms with van der Waals surface area (Å²) < 4.78 is 4.87. The maximum Gasteiger partial charge on any atom is 0.352 e. The summed E-state index contributed by atoms with van der Waals surface area (Å²) in [5, 5.41) is 20.9. The maximum absolute atomic E-state index is 12.5. The van der Waals surface area contributed by atoms with Crippen molar-refractivity contribution in [3.8, 4) is 5.75 Å². The van der Waals surface area contributed by atoms with E-state index in [1.54, 1.807) is 12.1 Å². The van der Waals surface area contributed by atoms with Crippen molar-refractivity contribution in [1.82, 2.24) is 10.2 Å². The second kappa shape index (κ2) is 8.39. The molecule has 3 rings (SSSR count). The number of esters is 1. The molecule has 9 nitrogen and oxygen atoms in total. The summed E-state index contributed by atoms with van der Waals surface area (Å²) >= 11 is 1.28. The molecule has 0 aromatic heterocycles. The Bertz CT molecular complexity index is 940. The van der Waals surface area contributed by atoms with Gasteiger partial charge in [0, 0.05) is 24.3 Å². The van der Waals surface area contributed by atoms with Gasteiger partial charge >= 0.3 is 11.9 Å². The van der Waals surface area contributed by atoms with Crippen molar-refractivity contribution in [2.75, 3.05) is 12.4 Å². The SMILES string of the molecule is CC(=O)OCC1=C(C(=O)O)N2C(=O)[C@@H](NC(=O)/C=C/c3cccc(O)c3)[C@H]2SC1. The van der Waals surface area contributed by atoms with E-state index < -0.39 is 35.2 Å². The van der Waals surface area contributed by atoms with Crippen molar-refractivity contribution in [2.45, 2.75) is 18.3 Å². The van der Waals surface area contributed by atoms with Crippen LogP contribution >= 0.6 is 11.8 Å². The van der Waals surface area contributed by atoms with Gasteiger partial charge in [0.05, 0.1) is 0 Å². The minimum Gasteiger partial charge on any atom is -0.508 e. The largest absolute Gasteiger partial charge is 0.508 e. The summed E-state index contributed by atoms with van der Waals surface area (Å²) in [6, 6.07) is 5.46. The Balaban J connectivity index is 1.68. The lowest BCUT2D eigenvalue weighted by Gasteiger charge is -2.49. The molecule has 152 valence electrons. The molecule has 10 heteroatoms. The van der Waals surface area contributed by atoms with E-state index in [0.29, 0.717) is 11.1 Å². The highest BCUT2D eigenvalue weighted by molar-refractivity contribution is 8.00. The normalized spacial score (nSPS) is 20.9. The van der Waals surface area contributed by atoms with E-state index in [2.05, 4.69) is 5.32 Å². The number of phenols is 1. The number of ether oxygens (including phenoxy) is 1. The number of carbonyl (C=O) groups excluding carboxylic acids is 3. The number of hydrogen-bond donors (Lipinski definition) is 3. The van der Waals surface area contributed by atoms with Gasteiger partial charge in [0.2, 0.25) is 5.91 Å². The summed E-state index contributed by atoms with van der Waals surface area (Å²) in [6.45, 7) is 1.01. The van der Waals surface area contributed by atoms with Crippen LogP contribution in [0.3, 0.4) is 0 Å². The predicted octanol–water partition coefficient (Wildman–Crippen LogP) is 0.707. The number of phenolic OH excluding ortho intramolecular Hbond substituents is 1. The minimum atomic E-state index is -1.29.